The van der Waals surface area contributed by atoms with Crippen LogP contribution >= 0.6 is 0 Å². The Labute approximate surface area is 50.7 Å². The summed E-state index contributed by atoms with van der Waals surface area (Å²) < 4.78 is 0. The first-order valence-electron chi connectivity index (χ1n) is 0.600. The van der Waals surface area contributed by atoms with E-state index in [9.17, 15) is 0 Å². The Kier molecular flexibility index (Phi) is 15.9. The summed E-state index contributed by atoms with van der Waals surface area (Å²) in [6.45, 7) is 0. The van der Waals surface area contributed by atoms with Crippen LogP contribution in [0, 0.1) is 0 Å². The second kappa shape index (κ2) is 8.89. The molecule has 0 saturated carbocycles. The van der Waals surface area contributed by atoms with Crippen LogP contribution in [0.2, 0.25) is 0 Å². The number of hydrogen-bond acceptors (Lipinski definition) is 2. The normalized spacial score (nSPS) is 7.20. The van der Waals surface area contributed by atoms with Gasteiger partial charge in [-0.05, 0) is 0 Å². The van der Waals surface area contributed by atoms with Gasteiger partial charge in [0.15, 0.2) is 0 Å². The van der Waals surface area contributed by atoms with Gasteiger partial charge in [-0.1, -0.05) is 0 Å². The van der Waals surface area contributed by atoms with E-state index in [2.05, 4.69) is 0 Å². The fourth-order valence-corrected chi connectivity index (χ4v) is 0. The minimum absolute atomic E-state index is 0. The standard InChI is InChI=1S/H2N2O2.Na.H/c3-1-2-4;;/h(H,1,4)(H,2,3);;. The summed E-state index contributed by atoms with van der Waals surface area (Å²) in [5.74, 6) is 0. The third-order valence-corrected chi connectivity index (χ3v) is 0.0400. The van der Waals surface area contributed by atoms with Crippen LogP contribution in [0.25, 0.3) is 0 Å². The molecule has 0 saturated heterocycles. The molecule has 0 aromatic rings. The molecule has 26 valence electrons. The average Bonchev–Trinajstić information content (AvgIpc) is 1.37. The van der Waals surface area contributed by atoms with Gasteiger partial charge in [0.25, 0.3) is 0 Å². The second-order valence-corrected chi connectivity index (χ2v) is 0.179. The third-order valence-electron chi connectivity index (χ3n) is 0.0400. The maximum absolute atomic E-state index is 7.08. The summed E-state index contributed by atoms with van der Waals surface area (Å²) >= 11 is 0. The van der Waals surface area contributed by atoms with Crippen LogP contribution in [-0.4, -0.2) is 40.0 Å². The zero-order valence-corrected chi connectivity index (χ0v) is 1.79. The molecule has 4 nitrogen and oxygen atoms in total. The molecule has 0 aromatic heterocycles. The van der Waals surface area contributed by atoms with Crippen molar-refractivity contribution in [3.05, 3.63) is 0 Å². The molecular weight excluding hydrogens is 83.0 g/mol. The Balaban J connectivity index is 0. The van der Waals surface area contributed by atoms with E-state index < -0.39 is 0 Å². The van der Waals surface area contributed by atoms with Crippen molar-refractivity contribution < 1.29 is 10.4 Å². The fourth-order valence-electron chi connectivity index (χ4n) is 0. The van der Waals surface area contributed by atoms with E-state index in [1.54, 1.807) is 0 Å². The molecule has 0 amide bonds. The molecule has 5 heavy (non-hydrogen) atoms. The van der Waals surface area contributed by atoms with Crippen molar-refractivity contribution in [2.24, 2.45) is 10.6 Å². The first-order valence-corrected chi connectivity index (χ1v) is 0.600. The van der Waals surface area contributed by atoms with E-state index in [0.29, 0.717) is 0 Å². The molecular formula is H3N2NaO2. The van der Waals surface area contributed by atoms with Crippen LogP contribution in [-0.2, 0) is 0 Å². The Morgan fingerprint density at radius 2 is 1.20 bits per heavy atom. The molecule has 0 aliphatic rings. The Morgan fingerprint density at radius 3 is 1.20 bits per heavy atom. The summed E-state index contributed by atoms with van der Waals surface area (Å²) in [4.78, 5) is 0. The number of hydrogen-bond donors (Lipinski definition) is 2. The molecule has 0 rings (SSSR count). The van der Waals surface area contributed by atoms with Gasteiger partial charge in [-0.25, -0.2) is 0 Å². The van der Waals surface area contributed by atoms with Gasteiger partial charge in [-0.2, -0.15) is 0 Å². The van der Waals surface area contributed by atoms with Crippen molar-refractivity contribution in [2.45, 2.75) is 0 Å². The van der Waals surface area contributed by atoms with Crippen molar-refractivity contribution in [3.8, 4) is 0 Å². The second-order valence-electron chi connectivity index (χ2n) is 0.179. The van der Waals surface area contributed by atoms with Crippen molar-refractivity contribution in [3.63, 3.8) is 0 Å². The molecule has 0 aliphatic carbocycles. The monoisotopic (exact) mass is 86.0 g/mol. The van der Waals surface area contributed by atoms with Gasteiger partial charge < -0.3 is 10.4 Å². The number of rotatable bonds is 0. The predicted octanol–water partition coefficient (Wildman–Crippen LogP) is -0.432. The average molecular weight is 86.0 g/mol. The van der Waals surface area contributed by atoms with E-state index in [0.717, 1.165) is 0 Å². The fraction of sp³-hybridized carbons (Fsp3) is 0. The van der Waals surface area contributed by atoms with E-state index in [4.69, 9.17) is 10.4 Å². The molecule has 0 bridgehead atoms. The van der Waals surface area contributed by atoms with Crippen LogP contribution in [0.1, 0.15) is 0 Å². The summed E-state index contributed by atoms with van der Waals surface area (Å²) in [7, 11) is 0. The van der Waals surface area contributed by atoms with E-state index >= 15 is 0 Å². The molecule has 0 spiro atoms. The molecule has 5 heteroatoms. The molecule has 0 aromatic carbocycles. The molecule has 0 heterocycles. The van der Waals surface area contributed by atoms with Crippen LogP contribution in [0.5, 0.6) is 0 Å². The van der Waals surface area contributed by atoms with Crippen LogP contribution in [0.3, 0.4) is 0 Å². The van der Waals surface area contributed by atoms with Crippen LogP contribution < -0.4 is 0 Å². The Morgan fingerprint density at radius 1 is 1.00 bits per heavy atom. The quantitative estimate of drug-likeness (QED) is 0.238. The molecule has 0 fully saturated rings. The van der Waals surface area contributed by atoms with E-state index in [-0.39, 0.29) is 29.6 Å². The van der Waals surface area contributed by atoms with Gasteiger partial charge in [-0.15, -0.1) is 0 Å². The van der Waals surface area contributed by atoms with Gasteiger partial charge in [0, 0.05) is 0 Å². The van der Waals surface area contributed by atoms with E-state index in [1.807, 2.05) is 10.6 Å². The van der Waals surface area contributed by atoms with E-state index in [1.165, 1.54) is 0 Å². The summed E-state index contributed by atoms with van der Waals surface area (Å²) in [5, 5.41) is 18.0. The summed E-state index contributed by atoms with van der Waals surface area (Å²) in [5.41, 5.74) is 0. The first-order chi connectivity index (χ1) is 1.91. The van der Waals surface area contributed by atoms with Gasteiger partial charge >= 0.3 is 29.6 Å². The third kappa shape index (κ3) is 14.1. The predicted molar refractivity (Wildman–Crippen MR) is 15.6 cm³/mol. The molecule has 2 N–H and O–H groups in total. The first kappa shape index (κ1) is 8.96. The van der Waals surface area contributed by atoms with Crippen molar-refractivity contribution in [1.29, 1.82) is 0 Å². The zero-order chi connectivity index (χ0) is 3.41. The van der Waals surface area contributed by atoms with Gasteiger partial charge in [0.05, 0.1) is 10.6 Å². The van der Waals surface area contributed by atoms with Crippen LogP contribution in [0.15, 0.2) is 10.6 Å². The van der Waals surface area contributed by atoms with Crippen molar-refractivity contribution in [2.75, 3.05) is 0 Å². The molecule has 0 atom stereocenters. The van der Waals surface area contributed by atoms with Crippen molar-refractivity contribution >= 4 is 29.6 Å². The maximum atomic E-state index is 7.08. The molecule has 0 radical (unpaired) electrons. The number of nitrogens with zero attached hydrogens (tertiary/aromatic N) is 2. The molecule has 0 unspecified atom stereocenters. The topological polar surface area (TPSA) is 65.2 Å². The van der Waals surface area contributed by atoms with Gasteiger partial charge in [-0.3, -0.25) is 0 Å². The Bertz CT molecular complexity index is 22.8. The summed E-state index contributed by atoms with van der Waals surface area (Å²) in [6, 6.07) is 0. The molecule has 0 aliphatic heterocycles. The van der Waals surface area contributed by atoms with Crippen molar-refractivity contribution in [1.82, 2.24) is 0 Å². The Hall–Kier alpha value is 0.200. The zero-order valence-electron chi connectivity index (χ0n) is 1.79. The van der Waals surface area contributed by atoms with Crippen LogP contribution in [0.4, 0.5) is 0 Å². The van der Waals surface area contributed by atoms with Gasteiger partial charge in [0.1, 0.15) is 0 Å². The SMILES string of the molecule is ON=NO.[NaH]. The minimum atomic E-state index is 0. The van der Waals surface area contributed by atoms with Gasteiger partial charge in [0.2, 0.25) is 0 Å². The summed E-state index contributed by atoms with van der Waals surface area (Å²) in [6.07, 6.45) is 0.